The van der Waals surface area contributed by atoms with E-state index >= 15 is 0 Å². The van der Waals surface area contributed by atoms with E-state index in [0.717, 1.165) is 30.5 Å². The molecule has 0 saturated heterocycles. The molecule has 0 aromatic heterocycles. The van der Waals surface area contributed by atoms with Crippen molar-refractivity contribution in [2.24, 2.45) is 0 Å². The summed E-state index contributed by atoms with van der Waals surface area (Å²) in [4.78, 5) is -0.640. The van der Waals surface area contributed by atoms with Gasteiger partial charge >= 0.3 is 6.18 Å². The first-order chi connectivity index (χ1) is 12.4. The molecule has 2 aromatic rings. The first kappa shape index (κ1) is 20.6. The van der Waals surface area contributed by atoms with Crippen LogP contribution >= 0.6 is 0 Å². The minimum atomic E-state index is -4.81. The van der Waals surface area contributed by atoms with E-state index in [1.807, 2.05) is 0 Å². The van der Waals surface area contributed by atoms with Crippen molar-refractivity contribution in [3.8, 4) is 6.07 Å². The van der Waals surface area contributed by atoms with Crippen LogP contribution in [0.2, 0.25) is 0 Å². The number of sulfone groups is 1. The Labute approximate surface area is 152 Å². The molecule has 0 aliphatic rings. The third-order valence-corrected chi connectivity index (χ3v) is 4.61. The monoisotopic (exact) mass is 401 g/mol. The van der Waals surface area contributed by atoms with E-state index < -0.39 is 38.1 Å². The summed E-state index contributed by atoms with van der Waals surface area (Å²) in [6.45, 7) is 0. The van der Waals surface area contributed by atoms with Gasteiger partial charge in [0, 0.05) is 11.8 Å². The highest BCUT2D eigenvalue weighted by molar-refractivity contribution is 7.95. The third kappa shape index (κ3) is 5.14. The maximum absolute atomic E-state index is 13.9. The average molecular weight is 401 g/mol. The van der Waals surface area contributed by atoms with Crippen LogP contribution in [0.4, 0.5) is 22.0 Å². The number of allylic oxidation sites excluding steroid dienone is 1. The van der Waals surface area contributed by atoms with E-state index in [2.05, 4.69) is 0 Å². The molecule has 0 N–H and O–H groups in total. The Bertz CT molecular complexity index is 1050. The van der Waals surface area contributed by atoms with Gasteiger partial charge in [0.2, 0.25) is 0 Å². The number of hydrogen-bond acceptors (Lipinski definition) is 3. The van der Waals surface area contributed by atoms with Crippen molar-refractivity contribution in [3.05, 3.63) is 75.2 Å². The SMILES string of the molecule is CS(=O)(=O)/C(C#N)=C/c1cc(Cc2ccc(C(F)(F)F)c(F)c2)ccc1F. The molecule has 2 rings (SSSR count). The highest BCUT2D eigenvalue weighted by Crippen LogP contribution is 2.32. The molecular formula is C18H12F5NO2S. The summed E-state index contributed by atoms with van der Waals surface area (Å²) in [5, 5.41) is 8.89. The molecule has 0 heterocycles. The van der Waals surface area contributed by atoms with Gasteiger partial charge in [-0.05, 0) is 47.9 Å². The normalized spacial score (nSPS) is 12.7. The molecule has 3 nitrogen and oxygen atoms in total. The van der Waals surface area contributed by atoms with Gasteiger partial charge in [0.15, 0.2) is 9.84 Å². The molecule has 27 heavy (non-hydrogen) atoms. The molecule has 0 atom stereocenters. The first-order valence-electron chi connectivity index (χ1n) is 7.37. The minimum absolute atomic E-state index is 0.0169. The summed E-state index contributed by atoms with van der Waals surface area (Å²) >= 11 is 0. The number of alkyl halides is 3. The average Bonchev–Trinajstić information content (AvgIpc) is 2.53. The second-order valence-corrected chi connectivity index (χ2v) is 7.72. The van der Waals surface area contributed by atoms with E-state index in [-0.39, 0.29) is 17.5 Å². The van der Waals surface area contributed by atoms with Crippen molar-refractivity contribution < 1.29 is 30.4 Å². The van der Waals surface area contributed by atoms with E-state index in [1.165, 1.54) is 18.2 Å². The van der Waals surface area contributed by atoms with Gasteiger partial charge in [-0.25, -0.2) is 17.2 Å². The summed E-state index contributed by atoms with van der Waals surface area (Å²) in [5.41, 5.74) is -0.957. The van der Waals surface area contributed by atoms with Gasteiger partial charge in [-0.3, -0.25) is 0 Å². The standard InChI is InChI=1S/C18H12F5NO2S/c1-27(25,26)14(10-24)9-13-7-11(3-5-16(13)19)6-12-2-4-15(17(20)8-12)18(21,22)23/h2-5,7-9H,6H2,1H3/b14-9+. The fraction of sp³-hybridized carbons (Fsp3) is 0.167. The van der Waals surface area contributed by atoms with Crippen molar-refractivity contribution in [2.75, 3.05) is 6.26 Å². The smallest absolute Gasteiger partial charge is 0.223 e. The molecule has 0 unspecified atom stereocenters. The van der Waals surface area contributed by atoms with Crippen LogP contribution in [0.15, 0.2) is 41.3 Å². The van der Waals surface area contributed by atoms with Gasteiger partial charge in [0.25, 0.3) is 0 Å². The van der Waals surface area contributed by atoms with Gasteiger partial charge in [-0.1, -0.05) is 12.1 Å². The number of benzene rings is 2. The molecule has 2 aromatic carbocycles. The number of rotatable bonds is 4. The molecule has 0 bridgehead atoms. The summed E-state index contributed by atoms with van der Waals surface area (Å²) in [7, 11) is -3.85. The zero-order valence-corrected chi connectivity index (χ0v) is 14.6. The van der Waals surface area contributed by atoms with Gasteiger partial charge in [0.1, 0.15) is 22.6 Å². The van der Waals surface area contributed by atoms with Crippen LogP contribution in [0.25, 0.3) is 6.08 Å². The van der Waals surface area contributed by atoms with Crippen LogP contribution in [-0.2, 0) is 22.4 Å². The molecule has 0 fully saturated rings. The van der Waals surface area contributed by atoms with Crippen molar-refractivity contribution in [3.63, 3.8) is 0 Å². The second kappa shape index (κ2) is 7.48. The lowest BCUT2D eigenvalue weighted by Gasteiger charge is -2.10. The number of nitriles is 1. The Balaban J connectivity index is 2.39. The number of halogens is 5. The molecule has 142 valence electrons. The van der Waals surface area contributed by atoms with Crippen molar-refractivity contribution in [1.82, 2.24) is 0 Å². The van der Waals surface area contributed by atoms with Crippen LogP contribution in [0, 0.1) is 23.0 Å². The highest BCUT2D eigenvalue weighted by atomic mass is 32.2. The fourth-order valence-corrected chi connectivity index (χ4v) is 2.82. The van der Waals surface area contributed by atoms with E-state index in [4.69, 9.17) is 5.26 Å². The second-order valence-electron chi connectivity index (χ2n) is 5.74. The Hall–Kier alpha value is -2.73. The fourth-order valence-electron chi connectivity index (χ4n) is 2.31. The van der Waals surface area contributed by atoms with Gasteiger partial charge < -0.3 is 0 Å². The lowest BCUT2D eigenvalue weighted by atomic mass is 10.0. The van der Waals surface area contributed by atoms with Gasteiger partial charge in [-0.2, -0.15) is 18.4 Å². The zero-order chi connectivity index (χ0) is 20.4. The van der Waals surface area contributed by atoms with Crippen LogP contribution in [0.1, 0.15) is 22.3 Å². The first-order valence-corrected chi connectivity index (χ1v) is 9.27. The molecule has 0 aliphatic heterocycles. The molecule has 0 amide bonds. The Morgan fingerprint density at radius 2 is 1.67 bits per heavy atom. The number of hydrogen-bond donors (Lipinski definition) is 0. The molecular weight excluding hydrogens is 389 g/mol. The summed E-state index contributed by atoms with van der Waals surface area (Å²) in [6, 6.07) is 7.52. The van der Waals surface area contributed by atoms with E-state index in [9.17, 15) is 30.4 Å². The Morgan fingerprint density at radius 3 is 2.19 bits per heavy atom. The number of nitrogens with zero attached hydrogens (tertiary/aromatic N) is 1. The van der Waals surface area contributed by atoms with Gasteiger partial charge in [-0.15, -0.1) is 0 Å². The topological polar surface area (TPSA) is 57.9 Å². The highest BCUT2D eigenvalue weighted by Gasteiger charge is 2.33. The summed E-state index contributed by atoms with van der Waals surface area (Å²) in [5.74, 6) is -2.21. The third-order valence-electron chi connectivity index (χ3n) is 3.60. The predicted molar refractivity (Wildman–Crippen MR) is 89.0 cm³/mol. The quantitative estimate of drug-likeness (QED) is 0.561. The van der Waals surface area contributed by atoms with Crippen molar-refractivity contribution >= 4 is 15.9 Å². The zero-order valence-electron chi connectivity index (χ0n) is 13.8. The lowest BCUT2D eigenvalue weighted by Crippen LogP contribution is -2.08. The Morgan fingerprint density at radius 1 is 1.07 bits per heavy atom. The van der Waals surface area contributed by atoms with E-state index in [0.29, 0.717) is 11.6 Å². The Kier molecular flexibility index (Phi) is 5.70. The maximum atomic E-state index is 13.9. The van der Waals surface area contributed by atoms with E-state index in [1.54, 1.807) is 0 Å². The minimum Gasteiger partial charge on any atom is -0.223 e. The van der Waals surface area contributed by atoms with Crippen LogP contribution < -0.4 is 0 Å². The van der Waals surface area contributed by atoms with Crippen LogP contribution in [0.5, 0.6) is 0 Å². The molecule has 0 radical (unpaired) electrons. The predicted octanol–water partition coefficient (Wildman–Crippen LogP) is 4.48. The largest absolute Gasteiger partial charge is 0.419 e. The van der Waals surface area contributed by atoms with Crippen LogP contribution in [-0.4, -0.2) is 14.7 Å². The lowest BCUT2D eigenvalue weighted by molar-refractivity contribution is -0.140. The maximum Gasteiger partial charge on any atom is 0.419 e. The van der Waals surface area contributed by atoms with Crippen LogP contribution in [0.3, 0.4) is 0 Å². The van der Waals surface area contributed by atoms with Crippen molar-refractivity contribution in [2.45, 2.75) is 12.6 Å². The molecule has 0 aliphatic carbocycles. The molecule has 9 heteroatoms. The molecule has 0 saturated carbocycles. The molecule has 0 spiro atoms. The summed E-state index contributed by atoms with van der Waals surface area (Å²) < 4.78 is 88.2. The van der Waals surface area contributed by atoms with Gasteiger partial charge in [0.05, 0.1) is 5.56 Å². The van der Waals surface area contributed by atoms with Crippen molar-refractivity contribution in [1.29, 1.82) is 5.26 Å². The summed E-state index contributed by atoms with van der Waals surface area (Å²) in [6.07, 6.45) is -3.16.